The number of hydrogen-bond acceptors (Lipinski definition) is 5. The highest BCUT2D eigenvalue weighted by Crippen LogP contribution is 2.25. The quantitative estimate of drug-likeness (QED) is 0.891. The molecular weight excluding hydrogens is 286 g/mol. The Balaban J connectivity index is 2.31. The number of likely N-dealkylation sites (N-methyl/N-ethyl adjacent to an activating group) is 1. The van der Waals surface area contributed by atoms with Crippen LogP contribution in [-0.2, 0) is 4.79 Å². The number of carbonyl (C=O) groups is 2. The van der Waals surface area contributed by atoms with E-state index in [0.717, 1.165) is 12.8 Å². The van der Waals surface area contributed by atoms with Crippen molar-refractivity contribution in [1.82, 2.24) is 15.2 Å². The van der Waals surface area contributed by atoms with Crippen molar-refractivity contribution in [2.45, 2.75) is 25.3 Å². The largest absolute Gasteiger partial charge is 0.481 e. The predicted molar refractivity (Wildman–Crippen MR) is 80.1 cm³/mol. The molecule has 120 valence electrons. The smallest absolute Gasteiger partial charge is 0.260 e. The van der Waals surface area contributed by atoms with Crippen molar-refractivity contribution in [3.8, 4) is 11.8 Å². The number of aromatic nitrogens is 1. The molecule has 1 fully saturated rings. The minimum atomic E-state index is -0.446. The summed E-state index contributed by atoms with van der Waals surface area (Å²) in [4.78, 5) is 30.5. The third-order valence-electron chi connectivity index (χ3n) is 3.78. The Morgan fingerprint density at radius 3 is 2.68 bits per heavy atom. The number of piperidine rings is 1. The van der Waals surface area contributed by atoms with Crippen molar-refractivity contribution < 1.29 is 19.1 Å². The topological polar surface area (TPSA) is 80.8 Å². The van der Waals surface area contributed by atoms with E-state index in [4.69, 9.17) is 9.47 Å². The van der Waals surface area contributed by atoms with Gasteiger partial charge in [-0.25, -0.2) is 0 Å². The van der Waals surface area contributed by atoms with E-state index in [1.807, 2.05) is 0 Å². The van der Waals surface area contributed by atoms with Crippen molar-refractivity contribution in [3.63, 3.8) is 0 Å². The number of nitrogens with zero attached hydrogens (tertiary/aromatic N) is 2. The van der Waals surface area contributed by atoms with Crippen LogP contribution in [0.3, 0.4) is 0 Å². The van der Waals surface area contributed by atoms with Gasteiger partial charge in [-0.05, 0) is 25.3 Å². The van der Waals surface area contributed by atoms with Crippen molar-refractivity contribution in [2.24, 2.45) is 0 Å². The number of ether oxygens (including phenoxy) is 2. The molecule has 0 saturated carbocycles. The summed E-state index contributed by atoms with van der Waals surface area (Å²) in [5, 5.41) is 2.62. The third-order valence-corrected chi connectivity index (χ3v) is 3.78. The standard InChI is InChI=1S/C15H21N3O4/c1-16-13(19)11-6-4-5-9-18(11)15(20)10-7-8-12(21-2)17-14(10)22-3/h7-8,11H,4-6,9H2,1-3H3,(H,16,19)/t11-/m0/s1. The zero-order valence-electron chi connectivity index (χ0n) is 13.1. The molecule has 7 heteroatoms. The Morgan fingerprint density at radius 1 is 1.27 bits per heavy atom. The summed E-state index contributed by atoms with van der Waals surface area (Å²) >= 11 is 0. The summed E-state index contributed by atoms with van der Waals surface area (Å²) < 4.78 is 10.2. The van der Waals surface area contributed by atoms with Crippen molar-refractivity contribution in [2.75, 3.05) is 27.8 Å². The molecule has 22 heavy (non-hydrogen) atoms. The molecule has 1 saturated heterocycles. The van der Waals surface area contributed by atoms with Crippen molar-refractivity contribution in [3.05, 3.63) is 17.7 Å². The summed E-state index contributed by atoms with van der Waals surface area (Å²) in [6, 6.07) is 2.77. The SMILES string of the molecule is CNC(=O)[C@@H]1CCCCN1C(=O)c1ccc(OC)nc1OC. The Hall–Kier alpha value is -2.31. The Bertz CT molecular complexity index is 562. The van der Waals surface area contributed by atoms with Gasteiger partial charge in [-0.3, -0.25) is 9.59 Å². The van der Waals surface area contributed by atoms with E-state index in [9.17, 15) is 9.59 Å². The van der Waals surface area contributed by atoms with Crippen LogP contribution in [0.15, 0.2) is 12.1 Å². The van der Waals surface area contributed by atoms with Gasteiger partial charge < -0.3 is 19.7 Å². The lowest BCUT2D eigenvalue weighted by atomic mass is 10.00. The van der Waals surface area contributed by atoms with Gasteiger partial charge in [0.2, 0.25) is 17.7 Å². The van der Waals surface area contributed by atoms with Gasteiger partial charge in [-0.15, -0.1) is 0 Å². The maximum atomic E-state index is 12.8. The van der Waals surface area contributed by atoms with Crippen LogP contribution >= 0.6 is 0 Å². The maximum absolute atomic E-state index is 12.8. The number of likely N-dealkylation sites (tertiary alicyclic amines) is 1. The number of pyridine rings is 1. The van der Waals surface area contributed by atoms with E-state index in [1.165, 1.54) is 14.2 Å². The lowest BCUT2D eigenvalue weighted by Gasteiger charge is -2.34. The Labute approximate surface area is 129 Å². The molecule has 1 N–H and O–H groups in total. The van der Waals surface area contributed by atoms with Crippen molar-refractivity contribution in [1.29, 1.82) is 0 Å². The summed E-state index contributed by atoms with van der Waals surface area (Å²) in [5.74, 6) is 0.175. The lowest BCUT2D eigenvalue weighted by molar-refractivity contribution is -0.126. The molecule has 7 nitrogen and oxygen atoms in total. The molecule has 1 aliphatic rings. The molecule has 2 amide bonds. The highest BCUT2D eigenvalue weighted by Gasteiger charge is 2.33. The van der Waals surface area contributed by atoms with E-state index in [-0.39, 0.29) is 17.7 Å². The van der Waals surface area contributed by atoms with Gasteiger partial charge in [0, 0.05) is 19.7 Å². The number of nitrogens with one attached hydrogen (secondary N) is 1. The minimum Gasteiger partial charge on any atom is -0.481 e. The normalized spacial score (nSPS) is 17.8. The van der Waals surface area contributed by atoms with E-state index < -0.39 is 6.04 Å². The van der Waals surface area contributed by atoms with Crippen LogP contribution < -0.4 is 14.8 Å². The number of hydrogen-bond donors (Lipinski definition) is 1. The number of methoxy groups -OCH3 is 2. The first-order valence-electron chi connectivity index (χ1n) is 7.24. The van der Waals surface area contributed by atoms with Crippen LogP contribution in [-0.4, -0.2) is 55.6 Å². The zero-order chi connectivity index (χ0) is 16.1. The summed E-state index contributed by atoms with van der Waals surface area (Å²) in [6.45, 7) is 0.548. The second-order valence-electron chi connectivity index (χ2n) is 5.03. The molecule has 0 bridgehead atoms. The summed E-state index contributed by atoms with van der Waals surface area (Å²) in [7, 11) is 4.52. The third kappa shape index (κ3) is 3.13. The summed E-state index contributed by atoms with van der Waals surface area (Å²) in [6.07, 6.45) is 2.47. The predicted octanol–water partition coefficient (Wildman–Crippen LogP) is 0.839. The van der Waals surface area contributed by atoms with E-state index >= 15 is 0 Å². The van der Waals surface area contributed by atoms with Gasteiger partial charge in [-0.2, -0.15) is 4.98 Å². The highest BCUT2D eigenvalue weighted by molar-refractivity contribution is 5.99. The van der Waals surface area contributed by atoms with Gasteiger partial charge in [0.1, 0.15) is 11.6 Å². The minimum absolute atomic E-state index is 0.145. The molecule has 1 atom stereocenters. The first kappa shape index (κ1) is 16.1. The molecule has 0 spiro atoms. The number of amides is 2. The zero-order valence-corrected chi connectivity index (χ0v) is 13.1. The van der Waals surface area contributed by atoms with Gasteiger partial charge in [0.15, 0.2) is 0 Å². The van der Waals surface area contributed by atoms with Crippen LogP contribution in [0, 0.1) is 0 Å². The fraction of sp³-hybridized carbons (Fsp3) is 0.533. The maximum Gasteiger partial charge on any atom is 0.260 e. The van der Waals surface area contributed by atoms with Gasteiger partial charge in [0.05, 0.1) is 14.2 Å². The first-order chi connectivity index (χ1) is 10.6. The molecule has 2 rings (SSSR count). The van der Waals surface area contributed by atoms with Crippen molar-refractivity contribution >= 4 is 11.8 Å². The fourth-order valence-electron chi connectivity index (χ4n) is 2.62. The van der Waals surface area contributed by atoms with Gasteiger partial charge in [-0.1, -0.05) is 0 Å². The van der Waals surface area contributed by atoms with Crippen LogP contribution in [0.1, 0.15) is 29.6 Å². The molecule has 0 aliphatic carbocycles. The van der Waals surface area contributed by atoms with Crippen LogP contribution in [0.5, 0.6) is 11.8 Å². The van der Waals surface area contributed by atoms with Gasteiger partial charge in [0.25, 0.3) is 5.91 Å². The summed E-state index contributed by atoms with van der Waals surface area (Å²) in [5.41, 5.74) is 0.333. The van der Waals surface area contributed by atoms with E-state index in [0.29, 0.717) is 24.4 Å². The first-order valence-corrected chi connectivity index (χ1v) is 7.24. The molecule has 0 aromatic carbocycles. The molecule has 1 aromatic heterocycles. The van der Waals surface area contributed by atoms with E-state index in [2.05, 4.69) is 10.3 Å². The lowest BCUT2D eigenvalue weighted by Crippen LogP contribution is -2.51. The van der Waals surface area contributed by atoms with Gasteiger partial charge >= 0.3 is 0 Å². The Kier molecular flexibility index (Phi) is 5.19. The number of carbonyl (C=O) groups excluding carboxylic acids is 2. The molecule has 2 heterocycles. The average molecular weight is 307 g/mol. The molecule has 1 aromatic rings. The fourth-order valence-corrected chi connectivity index (χ4v) is 2.62. The van der Waals surface area contributed by atoms with E-state index in [1.54, 1.807) is 24.1 Å². The molecular formula is C15H21N3O4. The highest BCUT2D eigenvalue weighted by atomic mass is 16.5. The average Bonchev–Trinajstić information content (AvgIpc) is 2.59. The molecule has 1 aliphatic heterocycles. The van der Waals surface area contributed by atoms with Crippen LogP contribution in [0.25, 0.3) is 0 Å². The molecule has 0 radical (unpaired) electrons. The Morgan fingerprint density at radius 2 is 2.05 bits per heavy atom. The monoisotopic (exact) mass is 307 g/mol. The molecule has 0 unspecified atom stereocenters. The van der Waals surface area contributed by atoms with Crippen LogP contribution in [0.4, 0.5) is 0 Å². The van der Waals surface area contributed by atoms with Crippen LogP contribution in [0.2, 0.25) is 0 Å². The second-order valence-corrected chi connectivity index (χ2v) is 5.03. The number of rotatable bonds is 4. The second kappa shape index (κ2) is 7.11.